The number of fused-ring (bicyclic) bond motifs is 2. The molecule has 0 aromatic heterocycles. The average molecular weight is 233 g/mol. The molecular formula is C14H19NO2. The van der Waals surface area contributed by atoms with E-state index in [2.05, 4.69) is 43.4 Å². The lowest BCUT2D eigenvalue weighted by Gasteiger charge is -2.46. The number of hydrogen-bond acceptors (Lipinski definition) is 3. The Morgan fingerprint density at radius 3 is 2.94 bits per heavy atom. The first kappa shape index (κ1) is 11.2. The molecule has 3 unspecified atom stereocenters. The van der Waals surface area contributed by atoms with Gasteiger partial charge in [0.1, 0.15) is 5.60 Å². The van der Waals surface area contributed by atoms with E-state index < -0.39 is 0 Å². The highest BCUT2D eigenvalue weighted by atomic mass is 16.6. The highest BCUT2D eigenvalue weighted by Crippen LogP contribution is 2.36. The Bertz CT molecular complexity index is 420. The Morgan fingerprint density at radius 2 is 2.12 bits per heavy atom. The Labute approximate surface area is 102 Å². The van der Waals surface area contributed by atoms with Crippen LogP contribution in [-0.2, 0) is 21.7 Å². The topological polar surface area (TPSA) is 30.5 Å². The maximum atomic E-state index is 6.27. The molecule has 1 fully saturated rings. The lowest BCUT2D eigenvalue weighted by molar-refractivity contribution is -0.174. The molecule has 92 valence electrons. The van der Waals surface area contributed by atoms with E-state index in [1.54, 1.807) is 0 Å². The van der Waals surface area contributed by atoms with Crippen molar-refractivity contribution < 1.29 is 9.47 Å². The van der Waals surface area contributed by atoms with Gasteiger partial charge in [-0.15, -0.1) is 0 Å². The predicted molar refractivity (Wildman–Crippen MR) is 65.8 cm³/mol. The smallest absolute Gasteiger partial charge is 0.129 e. The highest BCUT2D eigenvalue weighted by molar-refractivity contribution is 5.35. The molecule has 0 radical (unpaired) electrons. The van der Waals surface area contributed by atoms with Crippen molar-refractivity contribution in [3.05, 3.63) is 35.4 Å². The van der Waals surface area contributed by atoms with Crippen molar-refractivity contribution in [3.8, 4) is 0 Å². The first-order valence-corrected chi connectivity index (χ1v) is 6.29. The van der Waals surface area contributed by atoms with Gasteiger partial charge < -0.3 is 14.8 Å². The van der Waals surface area contributed by atoms with Crippen LogP contribution in [0.5, 0.6) is 0 Å². The molecule has 17 heavy (non-hydrogen) atoms. The summed E-state index contributed by atoms with van der Waals surface area (Å²) in [6, 6.07) is 8.83. The van der Waals surface area contributed by atoms with Gasteiger partial charge in [-0.25, -0.2) is 0 Å². The molecule has 0 amide bonds. The van der Waals surface area contributed by atoms with Crippen molar-refractivity contribution in [2.24, 2.45) is 0 Å². The number of hydrogen-bond donors (Lipinski definition) is 1. The van der Waals surface area contributed by atoms with Crippen molar-refractivity contribution in [2.75, 3.05) is 13.2 Å². The molecule has 1 aromatic rings. The lowest BCUT2D eigenvalue weighted by atomic mass is 9.86. The van der Waals surface area contributed by atoms with Crippen LogP contribution in [0.15, 0.2) is 24.3 Å². The van der Waals surface area contributed by atoms with Crippen molar-refractivity contribution >= 4 is 0 Å². The Morgan fingerprint density at radius 1 is 1.29 bits per heavy atom. The van der Waals surface area contributed by atoms with Gasteiger partial charge in [-0.3, -0.25) is 0 Å². The van der Waals surface area contributed by atoms with Crippen LogP contribution >= 0.6 is 0 Å². The zero-order valence-corrected chi connectivity index (χ0v) is 10.4. The second-order valence-electron chi connectivity index (χ2n) is 5.14. The molecule has 2 aliphatic heterocycles. The van der Waals surface area contributed by atoms with Crippen LogP contribution in [0, 0.1) is 0 Å². The summed E-state index contributed by atoms with van der Waals surface area (Å²) in [6.45, 7) is 6.46. The third-order valence-electron chi connectivity index (χ3n) is 3.93. The maximum absolute atomic E-state index is 6.27. The number of nitrogens with one attached hydrogen (secondary N) is 1. The van der Waals surface area contributed by atoms with Gasteiger partial charge in [0, 0.05) is 12.6 Å². The summed E-state index contributed by atoms with van der Waals surface area (Å²) in [5, 5.41) is 3.53. The Balaban J connectivity index is 1.99. The molecule has 1 N–H and O–H groups in total. The molecule has 1 spiro atoms. The largest absolute Gasteiger partial charge is 0.373 e. The van der Waals surface area contributed by atoms with E-state index in [1.807, 2.05) is 0 Å². The third kappa shape index (κ3) is 1.79. The standard InChI is InChI=1S/C14H19NO2/c1-10-11(2)17-14(8-15-10)9-16-7-12-5-3-4-6-13(12)14/h3-6,10-11,15H,7-9H2,1-2H3. The molecule has 2 aliphatic rings. The van der Waals surface area contributed by atoms with Gasteiger partial charge >= 0.3 is 0 Å². The second-order valence-corrected chi connectivity index (χ2v) is 5.14. The fourth-order valence-electron chi connectivity index (χ4n) is 2.73. The van der Waals surface area contributed by atoms with Gasteiger partial charge in [0.15, 0.2) is 0 Å². The minimum atomic E-state index is -0.291. The van der Waals surface area contributed by atoms with E-state index in [4.69, 9.17) is 9.47 Å². The molecule has 0 aliphatic carbocycles. The van der Waals surface area contributed by atoms with E-state index in [0.717, 1.165) is 6.54 Å². The summed E-state index contributed by atoms with van der Waals surface area (Å²) in [4.78, 5) is 0. The van der Waals surface area contributed by atoms with Crippen LogP contribution in [0.3, 0.4) is 0 Å². The summed E-state index contributed by atoms with van der Waals surface area (Å²) < 4.78 is 12.0. The summed E-state index contributed by atoms with van der Waals surface area (Å²) >= 11 is 0. The molecule has 3 atom stereocenters. The molecule has 3 heteroatoms. The van der Waals surface area contributed by atoms with E-state index in [0.29, 0.717) is 19.3 Å². The van der Waals surface area contributed by atoms with Gasteiger partial charge in [0.25, 0.3) is 0 Å². The van der Waals surface area contributed by atoms with E-state index >= 15 is 0 Å². The number of benzene rings is 1. The fraction of sp³-hybridized carbons (Fsp3) is 0.571. The van der Waals surface area contributed by atoms with Crippen molar-refractivity contribution in [1.29, 1.82) is 0 Å². The molecular weight excluding hydrogens is 214 g/mol. The average Bonchev–Trinajstić information content (AvgIpc) is 2.35. The Kier molecular flexibility index (Phi) is 2.69. The zero-order valence-electron chi connectivity index (χ0n) is 10.4. The van der Waals surface area contributed by atoms with Gasteiger partial charge in [-0.2, -0.15) is 0 Å². The summed E-state index contributed by atoms with van der Waals surface area (Å²) in [5.41, 5.74) is 2.25. The summed E-state index contributed by atoms with van der Waals surface area (Å²) in [5.74, 6) is 0. The molecule has 0 bridgehead atoms. The van der Waals surface area contributed by atoms with Crippen LogP contribution in [0.25, 0.3) is 0 Å². The zero-order chi connectivity index (χ0) is 11.9. The van der Waals surface area contributed by atoms with Gasteiger partial charge in [0.2, 0.25) is 0 Å². The van der Waals surface area contributed by atoms with Crippen LogP contribution in [-0.4, -0.2) is 25.3 Å². The van der Waals surface area contributed by atoms with E-state index in [1.165, 1.54) is 11.1 Å². The van der Waals surface area contributed by atoms with Crippen LogP contribution in [0.4, 0.5) is 0 Å². The normalized spacial score (nSPS) is 36.8. The maximum Gasteiger partial charge on any atom is 0.129 e. The molecule has 1 aromatic carbocycles. The second kappa shape index (κ2) is 4.09. The van der Waals surface area contributed by atoms with Crippen LogP contribution in [0.1, 0.15) is 25.0 Å². The number of ether oxygens (including phenoxy) is 2. The first-order chi connectivity index (χ1) is 8.21. The fourth-order valence-corrected chi connectivity index (χ4v) is 2.73. The third-order valence-corrected chi connectivity index (χ3v) is 3.93. The predicted octanol–water partition coefficient (Wildman–Crippen LogP) is 1.81. The van der Waals surface area contributed by atoms with Crippen molar-refractivity contribution in [3.63, 3.8) is 0 Å². The molecule has 2 heterocycles. The monoisotopic (exact) mass is 233 g/mol. The minimum Gasteiger partial charge on any atom is -0.373 e. The minimum absolute atomic E-state index is 0.207. The van der Waals surface area contributed by atoms with Crippen LogP contribution in [0.2, 0.25) is 0 Å². The SMILES string of the molecule is CC1NCC2(COCc3ccccc32)OC1C. The van der Waals surface area contributed by atoms with Gasteiger partial charge in [-0.05, 0) is 25.0 Å². The van der Waals surface area contributed by atoms with Crippen molar-refractivity contribution in [1.82, 2.24) is 5.32 Å². The molecule has 1 saturated heterocycles. The number of morpholine rings is 1. The van der Waals surface area contributed by atoms with Gasteiger partial charge in [0.05, 0.1) is 19.3 Å². The number of rotatable bonds is 0. The quantitative estimate of drug-likeness (QED) is 0.741. The van der Waals surface area contributed by atoms with E-state index in [-0.39, 0.29) is 11.7 Å². The van der Waals surface area contributed by atoms with E-state index in [9.17, 15) is 0 Å². The summed E-state index contributed by atoms with van der Waals surface area (Å²) in [7, 11) is 0. The summed E-state index contributed by atoms with van der Waals surface area (Å²) in [6.07, 6.45) is 0.207. The van der Waals surface area contributed by atoms with Gasteiger partial charge in [-0.1, -0.05) is 24.3 Å². The Hall–Kier alpha value is -0.900. The first-order valence-electron chi connectivity index (χ1n) is 6.29. The lowest BCUT2D eigenvalue weighted by Crippen LogP contribution is -2.58. The molecule has 3 rings (SSSR count). The van der Waals surface area contributed by atoms with Crippen molar-refractivity contribution in [2.45, 2.75) is 38.2 Å². The molecule has 3 nitrogen and oxygen atoms in total. The highest BCUT2D eigenvalue weighted by Gasteiger charge is 2.43. The molecule has 0 saturated carbocycles. The van der Waals surface area contributed by atoms with Crippen LogP contribution < -0.4 is 5.32 Å².